The summed E-state index contributed by atoms with van der Waals surface area (Å²) >= 11 is 3.30. The van der Waals surface area contributed by atoms with Crippen molar-refractivity contribution in [3.8, 4) is 5.75 Å². The molecule has 0 aliphatic heterocycles. The molecule has 0 unspecified atom stereocenters. The molecule has 0 spiro atoms. The van der Waals surface area contributed by atoms with Crippen LogP contribution >= 0.6 is 15.9 Å². The second-order valence-corrected chi connectivity index (χ2v) is 8.08. The Bertz CT molecular complexity index is 819. The Morgan fingerprint density at radius 3 is 2.39 bits per heavy atom. The summed E-state index contributed by atoms with van der Waals surface area (Å²) in [7, 11) is -2.25. The molecule has 0 fully saturated rings. The van der Waals surface area contributed by atoms with Gasteiger partial charge in [0.1, 0.15) is 10.6 Å². The zero-order valence-corrected chi connectivity index (χ0v) is 16.0. The van der Waals surface area contributed by atoms with E-state index < -0.39 is 10.0 Å². The van der Waals surface area contributed by atoms with Crippen LogP contribution in [0.3, 0.4) is 0 Å². The summed E-state index contributed by atoms with van der Waals surface area (Å²) in [5.74, 6) is 0.313. The number of benzene rings is 2. The average Bonchev–Trinajstić information content (AvgIpc) is 2.49. The van der Waals surface area contributed by atoms with Gasteiger partial charge in [-0.05, 0) is 55.7 Å². The summed E-state index contributed by atoms with van der Waals surface area (Å²) in [6.07, 6.45) is 0. The van der Waals surface area contributed by atoms with Crippen molar-refractivity contribution in [2.75, 3.05) is 7.11 Å². The first-order chi connectivity index (χ1) is 10.7. The van der Waals surface area contributed by atoms with E-state index in [4.69, 9.17) is 4.74 Å². The Morgan fingerprint density at radius 2 is 1.78 bits per heavy atom. The normalized spacial score (nSPS) is 12.9. The van der Waals surface area contributed by atoms with Gasteiger partial charge in [-0.15, -0.1) is 0 Å². The van der Waals surface area contributed by atoms with Gasteiger partial charge in [0.05, 0.1) is 7.11 Å². The Balaban J connectivity index is 2.34. The number of hydrogen-bond acceptors (Lipinski definition) is 3. The lowest BCUT2D eigenvalue weighted by Gasteiger charge is -2.17. The number of methoxy groups -OCH3 is 1. The van der Waals surface area contributed by atoms with Gasteiger partial charge in [-0.25, -0.2) is 13.1 Å². The Hall–Kier alpha value is -1.37. The Kier molecular flexibility index (Phi) is 5.49. The number of ether oxygens (including phenoxy) is 1. The van der Waals surface area contributed by atoms with E-state index in [-0.39, 0.29) is 10.9 Å². The third kappa shape index (κ3) is 4.13. The highest BCUT2D eigenvalue weighted by Gasteiger charge is 2.23. The summed E-state index contributed by atoms with van der Waals surface area (Å²) < 4.78 is 33.9. The van der Waals surface area contributed by atoms with Gasteiger partial charge >= 0.3 is 0 Å². The molecule has 0 aliphatic carbocycles. The second kappa shape index (κ2) is 7.03. The van der Waals surface area contributed by atoms with E-state index in [0.717, 1.165) is 11.1 Å². The number of sulfonamides is 1. The predicted octanol–water partition coefficient (Wildman–Crippen LogP) is 4.11. The maximum Gasteiger partial charge on any atom is 0.244 e. The summed E-state index contributed by atoms with van der Waals surface area (Å²) in [5, 5.41) is 0. The Labute approximate surface area is 146 Å². The maximum atomic E-state index is 12.7. The van der Waals surface area contributed by atoms with Crippen LogP contribution in [0.25, 0.3) is 0 Å². The van der Waals surface area contributed by atoms with E-state index in [9.17, 15) is 8.42 Å². The van der Waals surface area contributed by atoms with Crippen molar-refractivity contribution in [3.05, 3.63) is 57.6 Å². The van der Waals surface area contributed by atoms with Crippen LogP contribution in [0.2, 0.25) is 0 Å². The summed E-state index contributed by atoms with van der Waals surface area (Å²) in [6, 6.07) is 10.5. The van der Waals surface area contributed by atoms with Gasteiger partial charge < -0.3 is 4.74 Å². The largest absolute Gasteiger partial charge is 0.495 e. The number of aryl methyl sites for hydroxylation is 2. The average molecular weight is 398 g/mol. The molecule has 2 rings (SSSR count). The van der Waals surface area contributed by atoms with Crippen LogP contribution in [0, 0.1) is 13.8 Å². The highest BCUT2D eigenvalue weighted by molar-refractivity contribution is 9.10. The summed E-state index contributed by atoms with van der Waals surface area (Å²) in [4.78, 5) is 0.116. The molecule has 0 heterocycles. The first-order valence-electron chi connectivity index (χ1n) is 7.17. The number of rotatable bonds is 5. The van der Waals surface area contributed by atoms with Crippen LogP contribution in [-0.2, 0) is 10.0 Å². The number of nitrogens with one attached hydrogen (secondary N) is 1. The highest BCUT2D eigenvalue weighted by atomic mass is 79.9. The number of halogens is 1. The third-order valence-corrected chi connectivity index (χ3v) is 5.83. The van der Waals surface area contributed by atoms with Gasteiger partial charge in [-0.3, -0.25) is 0 Å². The number of hydrogen-bond donors (Lipinski definition) is 1. The van der Waals surface area contributed by atoms with Gasteiger partial charge in [0.15, 0.2) is 0 Å². The van der Waals surface area contributed by atoms with Crippen LogP contribution < -0.4 is 9.46 Å². The summed E-state index contributed by atoms with van der Waals surface area (Å²) in [6.45, 7) is 5.86. The second-order valence-electron chi connectivity index (χ2n) is 5.48. The minimum Gasteiger partial charge on any atom is -0.495 e. The van der Waals surface area contributed by atoms with Gasteiger partial charge in [0, 0.05) is 10.5 Å². The van der Waals surface area contributed by atoms with Crippen molar-refractivity contribution >= 4 is 26.0 Å². The van der Waals surface area contributed by atoms with E-state index in [0.29, 0.717) is 10.2 Å². The third-order valence-electron chi connectivity index (χ3n) is 3.78. The molecule has 4 nitrogen and oxygen atoms in total. The molecular weight excluding hydrogens is 378 g/mol. The molecule has 124 valence electrons. The fourth-order valence-electron chi connectivity index (χ4n) is 2.26. The smallest absolute Gasteiger partial charge is 0.244 e. The minimum absolute atomic E-state index is 0.116. The molecule has 0 amide bonds. The van der Waals surface area contributed by atoms with E-state index in [1.165, 1.54) is 18.7 Å². The van der Waals surface area contributed by atoms with E-state index >= 15 is 0 Å². The fourth-order valence-corrected chi connectivity index (χ4v) is 4.20. The molecule has 0 aromatic heterocycles. The van der Waals surface area contributed by atoms with Crippen LogP contribution in [0.4, 0.5) is 0 Å². The first-order valence-corrected chi connectivity index (χ1v) is 9.45. The molecule has 6 heteroatoms. The fraction of sp³-hybridized carbons (Fsp3) is 0.294. The zero-order chi connectivity index (χ0) is 17.2. The molecule has 0 radical (unpaired) electrons. The van der Waals surface area contributed by atoms with Crippen molar-refractivity contribution in [1.82, 2.24) is 4.72 Å². The van der Waals surface area contributed by atoms with Crippen molar-refractivity contribution in [3.63, 3.8) is 0 Å². The lowest BCUT2D eigenvalue weighted by Crippen LogP contribution is -2.27. The molecule has 2 aromatic rings. The molecule has 0 aliphatic rings. The maximum absolute atomic E-state index is 12.7. The van der Waals surface area contributed by atoms with Crippen LogP contribution in [-0.4, -0.2) is 15.5 Å². The van der Waals surface area contributed by atoms with Gasteiger partial charge in [0.2, 0.25) is 10.0 Å². The van der Waals surface area contributed by atoms with Gasteiger partial charge in [0.25, 0.3) is 0 Å². The zero-order valence-electron chi connectivity index (χ0n) is 13.6. The molecule has 0 bridgehead atoms. The van der Waals surface area contributed by atoms with Gasteiger partial charge in [-0.1, -0.05) is 34.1 Å². The molecular formula is C17H20BrNO3S. The topological polar surface area (TPSA) is 55.4 Å². The van der Waals surface area contributed by atoms with Crippen molar-refractivity contribution in [2.24, 2.45) is 0 Å². The van der Waals surface area contributed by atoms with Crippen LogP contribution in [0.15, 0.2) is 45.8 Å². The van der Waals surface area contributed by atoms with Gasteiger partial charge in [-0.2, -0.15) is 0 Å². The van der Waals surface area contributed by atoms with Crippen LogP contribution in [0.5, 0.6) is 5.75 Å². The lowest BCUT2D eigenvalue weighted by molar-refractivity contribution is 0.402. The van der Waals surface area contributed by atoms with Crippen molar-refractivity contribution < 1.29 is 13.2 Å². The molecule has 0 saturated carbocycles. The monoisotopic (exact) mass is 397 g/mol. The highest BCUT2D eigenvalue weighted by Crippen LogP contribution is 2.28. The lowest BCUT2D eigenvalue weighted by atomic mass is 10.0. The quantitative estimate of drug-likeness (QED) is 0.825. The molecule has 1 N–H and O–H groups in total. The van der Waals surface area contributed by atoms with Crippen molar-refractivity contribution in [2.45, 2.75) is 31.7 Å². The standard InChI is InChI=1S/C17H20BrNO3S/c1-11-5-6-14(9-12(11)2)13(3)19-23(20,21)17-10-15(18)7-8-16(17)22-4/h5-10,13,19H,1-4H3/t13-/m0/s1. The SMILES string of the molecule is COc1ccc(Br)cc1S(=O)(=O)N[C@@H](C)c1ccc(C)c(C)c1. The van der Waals surface area contributed by atoms with E-state index in [1.807, 2.05) is 39.0 Å². The molecule has 1 atom stereocenters. The van der Waals surface area contributed by atoms with Crippen LogP contribution in [0.1, 0.15) is 29.7 Å². The molecule has 23 heavy (non-hydrogen) atoms. The Morgan fingerprint density at radius 1 is 1.09 bits per heavy atom. The van der Waals surface area contributed by atoms with E-state index in [2.05, 4.69) is 20.7 Å². The minimum atomic E-state index is -3.70. The molecule has 2 aromatic carbocycles. The first kappa shape index (κ1) is 18.0. The summed E-state index contributed by atoms with van der Waals surface area (Å²) in [5.41, 5.74) is 3.23. The predicted molar refractivity (Wildman–Crippen MR) is 95.3 cm³/mol. The van der Waals surface area contributed by atoms with E-state index in [1.54, 1.807) is 12.1 Å². The van der Waals surface area contributed by atoms with Crippen molar-refractivity contribution in [1.29, 1.82) is 0 Å². The molecule has 0 saturated heterocycles.